The second-order valence-corrected chi connectivity index (χ2v) is 5.50. The van der Waals surface area contributed by atoms with Crippen LogP contribution in [0.3, 0.4) is 0 Å². The minimum absolute atomic E-state index is 0.216. The molecule has 0 saturated carbocycles. The maximum Gasteiger partial charge on any atom is 0.0970 e. The lowest BCUT2D eigenvalue weighted by Crippen LogP contribution is -2.46. The highest BCUT2D eigenvalue weighted by Gasteiger charge is 2.34. The van der Waals surface area contributed by atoms with Gasteiger partial charge in [-0.1, -0.05) is 44.5 Å². The Morgan fingerprint density at radius 3 is 2.11 bits per heavy atom. The first-order chi connectivity index (χ1) is 8.45. The van der Waals surface area contributed by atoms with Gasteiger partial charge < -0.3 is 10.0 Å². The summed E-state index contributed by atoms with van der Waals surface area (Å²) in [6.07, 6.45) is 2.73. The summed E-state index contributed by atoms with van der Waals surface area (Å²) in [7, 11) is 4.05. The van der Waals surface area contributed by atoms with E-state index in [0.29, 0.717) is 0 Å². The quantitative estimate of drug-likeness (QED) is 0.835. The van der Waals surface area contributed by atoms with Gasteiger partial charge in [0.15, 0.2) is 0 Å². The van der Waals surface area contributed by atoms with Crippen LogP contribution in [-0.4, -0.2) is 29.6 Å². The second-order valence-electron chi connectivity index (χ2n) is 5.50. The molecule has 0 spiro atoms. The summed E-state index contributed by atoms with van der Waals surface area (Å²) >= 11 is 0. The number of nitrogens with zero attached hydrogens (tertiary/aromatic N) is 1. The number of aliphatic hydroxyl groups is 1. The van der Waals surface area contributed by atoms with E-state index < -0.39 is 6.10 Å². The van der Waals surface area contributed by atoms with Crippen molar-refractivity contribution in [3.63, 3.8) is 0 Å². The lowest BCUT2D eigenvalue weighted by molar-refractivity contribution is 0.000861. The van der Waals surface area contributed by atoms with E-state index >= 15 is 0 Å². The van der Waals surface area contributed by atoms with E-state index in [0.717, 1.165) is 24.8 Å². The van der Waals surface area contributed by atoms with E-state index in [4.69, 9.17) is 0 Å². The SMILES string of the molecule is CCCc1ccc(C(O)C(C)(CC)N(C)C)cc1. The summed E-state index contributed by atoms with van der Waals surface area (Å²) < 4.78 is 0. The number of hydrogen-bond donors (Lipinski definition) is 1. The molecular formula is C16H27NO. The Kier molecular flexibility index (Phi) is 5.36. The van der Waals surface area contributed by atoms with Gasteiger partial charge in [0.25, 0.3) is 0 Å². The van der Waals surface area contributed by atoms with Crippen molar-refractivity contribution >= 4 is 0 Å². The van der Waals surface area contributed by atoms with Crippen molar-refractivity contribution in [3.05, 3.63) is 35.4 Å². The van der Waals surface area contributed by atoms with Crippen LogP contribution in [0.1, 0.15) is 50.8 Å². The first-order valence-corrected chi connectivity index (χ1v) is 6.90. The molecule has 0 heterocycles. The summed E-state index contributed by atoms with van der Waals surface area (Å²) in [6.45, 7) is 6.41. The zero-order valence-electron chi connectivity index (χ0n) is 12.4. The number of aryl methyl sites for hydroxylation is 1. The first-order valence-electron chi connectivity index (χ1n) is 6.90. The average Bonchev–Trinajstić information content (AvgIpc) is 2.38. The average molecular weight is 249 g/mol. The molecule has 0 aliphatic heterocycles. The largest absolute Gasteiger partial charge is 0.386 e. The van der Waals surface area contributed by atoms with Gasteiger partial charge in [-0.3, -0.25) is 0 Å². The molecule has 102 valence electrons. The van der Waals surface area contributed by atoms with Crippen molar-refractivity contribution in [2.24, 2.45) is 0 Å². The fraction of sp³-hybridized carbons (Fsp3) is 0.625. The zero-order valence-corrected chi connectivity index (χ0v) is 12.4. The summed E-state index contributed by atoms with van der Waals surface area (Å²) in [5, 5.41) is 10.6. The molecule has 2 heteroatoms. The monoisotopic (exact) mass is 249 g/mol. The highest BCUT2D eigenvalue weighted by atomic mass is 16.3. The molecule has 2 atom stereocenters. The van der Waals surface area contributed by atoms with E-state index in [1.165, 1.54) is 5.56 Å². The minimum Gasteiger partial charge on any atom is -0.386 e. The van der Waals surface area contributed by atoms with Crippen LogP contribution in [0.5, 0.6) is 0 Å². The number of benzene rings is 1. The van der Waals surface area contributed by atoms with Crippen molar-refractivity contribution < 1.29 is 5.11 Å². The van der Waals surface area contributed by atoms with Crippen molar-refractivity contribution in [3.8, 4) is 0 Å². The van der Waals surface area contributed by atoms with Crippen LogP contribution >= 0.6 is 0 Å². The van der Waals surface area contributed by atoms with Crippen LogP contribution in [-0.2, 0) is 6.42 Å². The fourth-order valence-corrected chi connectivity index (χ4v) is 2.27. The predicted octanol–water partition coefficient (Wildman–Crippen LogP) is 3.40. The van der Waals surface area contributed by atoms with E-state index in [1.54, 1.807) is 0 Å². The molecule has 1 aromatic carbocycles. The number of likely N-dealkylation sites (N-methyl/N-ethyl adjacent to an activating group) is 1. The summed E-state index contributed by atoms with van der Waals surface area (Å²) in [5.41, 5.74) is 2.14. The van der Waals surface area contributed by atoms with Gasteiger partial charge in [0.2, 0.25) is 0 Å². The van der Waals surface area contributed by atoms with Gasteiger partial charge >= 0.3 is 0 Å². The molecule has 0 aromatic heterocycles. The molecule has 0 fully saturated rings. The predicted molar refractivity (Wildman–Crippen MR) is 77.8 cm³/mol. The zero-order chi connectivity index (χ0) is 13.8. The minimum atomic E-state index is -0.451. The maximum absolute atomic E-state index is 10.6. The van der Waals surface area contributed by atoms with Gasteiger partial charge in [-0.2, -0.15) is 0 Å². The van der Waals surface area contributed by atoms with Crippen LogP contribution in [0, 0.1) is 0 Å². The Bertz CT molecular complexity index is 358. The van der Waals surface area contributed by atoms with Gasteiger partial charge in [-0.15, -0.1) is 0 Å². The molecule has 0 aliphatic rings. The lowest BCUT2D eigenvalue weighted by Gasteiger charge is -2.40. The van der Waals surface area contributed by atoms with E-state index in [2.05, 4.69) is 49.9 Å². The molecule has 0 amide bonds. The Morgan fingerprint density at radius 2 is 1.72 bits per heavy atom. The Hall–Kier alpha value is -0.860. The molecule has 1 rings (SSSR count). The lowest BCUT2D eigenvalue weighted by atomic mass is 9.85. The third kappa shape index (κ3) is 3.12. The topological polar surface area (TPSA) is 23.5 Å². The van der Waals surface area contributed by atoms with Crippen molar-refractivity contribution in [1.82, 2.24) is 4.90 Å². The number of rotatable bonds is 6. The van der Waals surface area contributed by atoms with Crippen molar-refractivity contribution in [2.45, 2.75) is 51.7 Å². The molecule has 2 nitrogen and oxygen atoms in total. The first kappa shape index (κ1) is 15.2. The molecule has 0 saturated heterocycles. The normalized spacial score (nSPS) is 16.6. The summed E-state index contributed by atoms with van der Waals surface area (Å²) in [4.78, 5) is 2.11. The highest BCUT2D eigenvalue weighted by molar-refractivity contribution is 5.26. The molecule has 2 unspecified atom stereocenters. The molecule has 1 N–H and O–H groups in total. The van der Waals surface area contributed by atoms with Gasteiger partial charge in [0, 0.05) is 5.54 Å². The number of aliphatic hydroxyl groups excluding tert-OH is 1. The highest BCUT2D eigenvalue weighted by Crippen LogP contribution is 2.32. The number of hydrogen-bond acceptors (Lipinski definition) is 2. The van der Waals surface area contributed by atoms with Gasteiger partial charge in [0.05, 0.1) is 6.10 Å². The van der Waals surface area contributed by atoms with Crippen LogP contribution < -0.4 is 0 Å². The molecule has 18 heavy (non-hydrogen) atoms. The Labute approximate surface area is 112 Å². The summed E-state index contributed by atoms with van der Waals surface area (Å²) in [6, 6.07) is 8.39. The summed E-state index contributed by atoms with van der Waals surface area (Å²) in [5.74, 6) is 0. The van der Waals surface area contributed by atoms with E-state index in [-0.39, 0.29) is 5.54 Å². The molecule has 0 radical (unpaired) electrons. The van der Waals surface area contributed by atoms with E-state index in [1.807, 2.05) is 14.1 Å². The van der Waals surface area contributed by atoms with Crippen LogP contribution in [0.25, 0.3) is 0 Å². The van der Waals surface area contributed by atoms with E-state index in [9.17, 15) is 5.11 Å². The molecular weight excluding hydrogens is 222 g/mol. The molecule has 0 bridgehead atoms. The molecule has 0 aliphatic carbocycles. The third-order valence-electron chi connectivity index (χ3n) is 4.16. The van der Waals surface area contributed by atoms with Gasteiger partial charge in [0.1, 0.15) is 0 Å². The Morgan fingerprint density at radius 1 is 1.17 bits per heavy atom. The standard InChI is InChI=1S/C16H27NO/c1-6-8-13-9-11-14(12-10-13)15(18)16(3,7-2)17(4)5/h9-12,15,18H,6-8H2,1-5H3. The second kappa shape index (κ2) is 6.35. The van der Waals surface area contributed by atoms with Gasteiger partial charge in [-0.05, 0) is 45.0 Å². The van der Waals surface area contributed by atoms with Crippen molar-refractivity contribution in [2.75, 3.05) is 14.1 Å². The van der Waals surface area contributed by atoms with Crippen LogP contribution in [0.15, 0.2) is 24.3 Å². The van der Waals surface area contributed by atoms with Crippen LogP contribution in [0.2, 0.25) is 0 Å². The maximum atomic E-state index is 10.6. The van der Waals surface area contributed by atoms with Crippen LogP contribution in [0.4, 0.5) is 0 Å². The molecule has 1 aromatic rings. The Balaban J connectivity index is 2.92. The van der Waals surface area contributed by atoms with Gasteiger partial charge in [-0.25, -0.2) is 0 Å². The fourth-order valence-electron chi connectivity index (χ4n) is 2.27. The smallest absolute Gasteiger partial charge is 0.0970 e. The third-order valence-corrected chi connectivity index (χ3v) is 4.16. The van der Waals surface area contributed by atoms with Crippen molar-refractivity contribution in [1.29, 1.82) is 0 Å².